The van der Waals surface area contributed by atoms with Gasteiger partial charge in [-0.1, -0.05) is 19.1 Å². The van der Waals surface area contributed by atoms with Gasteiger partial charge in [0.25, 0.3) is 11.7 Å². The molecule has 164 valence electrons. The largest absolute Gasteiger partial charge is 0.507 e. The number of methoxy groups -OCH3 is 2. The first kappa shape index (κ1) is 22.2. The molecule has 3 rings (SSSR count). The van der Waals surface area contributed by atoms with Crippen LogP contribution in [0, 0.1) is 0 Å². The molecular formula is C24H27NO6. The Kier molecular flexibility index (Phi) is 6.84. The van der Waals surface area contributed by atoms with Gasteiger partial charge in [-0.25, -0.2) is 0 Å². The number of ketones is 1. The van der Waals surface area contributed by atoms with Crippen LogP contribution in [0.4, 0.5) is 0 Å². The third kappa shape index (κ3) is 4.21. The van der Waals surface area contributed by atoms with Crippen LogP contribution >= 0.6 is 0 Å². The van der Waals surface area contributed by atoms with Gasteiger partial charge >= 0.3 is 0 Å². The predicted octanol–water partition coefficient (Wildman–Crippen LogP) is 3.93. The van der Waals surface area contributed by atoms with Crippen molar-refractivity contribution in [1.82, 2.24) is 4.90 Å². The summed E-state index contributed by atoms with van der Waals surface area (Å²) < 4.78 is 16.2. The second-order valence-electron chi connectivity index (χ2n) is 7.06. The molecule has 0 aromatic heterocycles. The molecule has 1 heterocycles. The SMILES string of the molecule is CCCN1C(=O)C(=O)/C(=C(/O)c2cc(OC)ccc2OC)C1c1cccc(OCC)c1. The molecule has 0 radical (unpaired) electrons. The Bertz CT molecular complexity index is 1010. The molecule has 2 aromatic carbocycles. The lowest BCUT2D eigenvalue weighted by atomic mass is 9.94. The van der Waals surface area contributed by atoms with Gasteiger partial charge in [-0.2, -0.15) is 0 Å². The normalized spacial score (nSPS) is 17.7. The van der Waals surface area contributed by atoms with E-state index in [4.69, 9.17) is 14.2 Å². The summed E-state index contributed by atoms with van der Waals surface area (Å²) in [5, 5.41) is 11.2. The Labute approximate surface area is 181 Å². The molecule has 2 aromatic rings. The van der Waals surface area contributed by atoms with Crippen molar-refractivity contribution in [2.45, 2.75) is 26.3 Å². The van der Waals surface area contributed by atoms with Crippen molar-refractivity contribution in [3.8, 4) is 17.2 Å². The average Bonchev–Trinajstić information content (AvgIpc) is 3.04. The second kappa shape index (κ2) is 9.55. The summed E-state index contributed by atoms with van der Waals surface area (Å²) in [6.45, 7) is 4.67. The van der Waals surface area contributed by atoms with Gasteiger partial charge in [0.1, 0.15) is 23.0 Å². The fourth-order valence-electron chi connectivity index (χ4n) is 3.78. The molecule has 1 N–H and O–H groups in total. The van der Waals surface area contributed by atoms with Crippen LogP contribution in [0.1, 0.15) is 37.4 Å². The first-order valence-corrected chi connectivity index (χ1v) is 10.2. The smallest absolute Gasteiger partial charge is 0.295 e. The molecule has 0 aliphatic carbocycles. The number of amides is 1. The molecule has 7 heteroatoms. The summed E-state index contributed by atoms with van der Waals surface area (Å²) in [5.41, 5.74) is 0.975. The van der Waals surface area contributed by atoms with Crippen LogP contribution in [-0.2, 0) is 9.59 Å². The minimum absolute atomic E-state index is 0.0126. The molecule has 1 amide bonds. The first-order chi connectivity index (χ1) is 15.0. The van der Waals surface area contributed by atoms with Gasteiger partial charge < -0.3 is 24.2 Å². The topological polar surface area (TPSA) is 85.3 Å². The molecule has 1 unspecified atom stereocenters. The van der Waals surface area contributed by atoms with E-state index >= 15 is 0 Å². The molecule has 1 saturated heterocycles. The highest BCUT2D eigenvalue weighted by Crippen LogP contribution is 2.42. The highest BCUT2D eigenvalue weighted by Gasteiger charge is 2.46. The zero-order chi connectivity index (χ0) is 22.5. The van der Waals surface area contributed by atoms with Crippen molar-refractivity contribution in [1.29, 1.82) is 0 Å². The van der Waals surface area contributed by atoms with E-state index in [1.807, 2.05) is 26.0 Å². The van der Waals surface area contributed by atoms with Crippen molar-refractivity contribution in [3.63, 3.8) is 0 Å². The van der Waals surface area contributed by atoms with Gasteiger partial charge in [0, 0.05) is 6.54 Å². The number of likely N-dealkylation sites (tertiary alicyclic amines) is 1. The lowest BCUT2D eigenvalue weighted by molar-refractivity contribution is -0.139. The Balaban J connectivity index is 2.23. The van der Waals surface area contributed by atoms with Crippen molar-refractivity contribution in [2.75, 3.05) is 27.4 Å². The monoisotopic (exact) mass is 425 g/mol. The van der Waals surface area contributed by atoms with Gasteiger partial charge in [0.05, 0.1) is 38.0 Å². The molecule has 0 saturated carbocycles. The molecule has 1 fully saturated rings. The molecule has 0 bridgehead atoms. The number of carbonyl (C=O) groups excluding carboxylic acids is 2. The van der Waals surface area contributed by atoms with Crippen LogP contribution in [0.2, 0.25) is 0 Å². The number of hydrogen-bond acceptors (Lipinski definition) is 6. The average molecular weight is 425 g/mol. The highest BCUT2D eigenvalue weighted by molar-refractivity contribution is 6.46. The number of carbonyl (C=O) groups is 2. The fourth-order valence-corrected chi connectivity index (χ4v) is 3.78. The van der Waals surface area contributed by atoms with Gasteiger partial charge in [-0.3, -0.25) is 9.59 Å². The van der Waals surface area contributed by atoms with Crippen LogP contribution in [0.3, 0.4) is 0 Å². The number of nitrogens with zero attached hydrogens (tertiary/aromatic N) is 1. The zero-order valence-corrected chi connectivity index (χ0v) is 18.2. The Morgan fingerprint density at radius 2 is 1.81 bits per heavy atom. The maximum absolute atomic E-state index is 13.0. The lowest BCUT2D eigenvalue weighted by Gasteiger charge is -2.25. The standard InChI is InChI=1S/C24H27NO6/c1-5-12-25-21(15-8-7-9-17(13-15)31-6-2)20(23(27)24(25)28)22(26)18-14-16(29-3)10-11-19(18)30-4/h7-11,13-14,21,26H,5-6,12H2,1-4H3/b22-20+. The summed E-state index contributed by atoms with van der Waals surface area (Å²) in [4.78, 5) is 27.4. The van der Waals surface area contributed by atoms with E-state index in [1.165, 1.54) is 19.1 Å². The predicted molar refractivity (Wildman–Crippen MR) is 116 cm³/mol. The molecule has 1 aliphatic heterocycles. The number of ether oxygens (including phenoxy) is 3. The van der Waals surface area contributed by atoms with Gasteiger partial charge in [0.2, 0.25) is 0 Å². The summed E-state index contributed by atoms with van der Waals surface area (Å²) in [6, 6.07) is 11.4. The molecule has 1 atom stereocenters. The van der Waals surface area contributed by atoms with Crippen LogP contribution in [-0.4, -0.2) is 49.1 Å². The number of aliphatic hydroxyl groups excluding tert-OH is 1. The minimum Gasteiger partial charge on any atom is -0.507 e. The number of Topliss-reactive ketones (excluding diaryl/α,β-unsaturated/α-hetero) is 1. The van der Waals surface area contributed by atoms with Crippen LogP contribution in [0.5, 0.6) is 17.2 Å². The van der Waals surface area contributed by atoms with Crippen molar-refractivity contribution in [3.05, 3.63) is 59.2 Å². The van der Waals surface area contributed by atoms with E-state index in [2.05, 4.69) is 0 Å². The van der Waals surface area contributed by atoms with E-state index in [0.29, 0.717) is 42.4 Å². The van der Waals surface area contributed by atoms with E-state index in [0.717, 1.165) is 0 Å². The Morgan fingerprint density at radius 3 is 2.45 bits per heavy atom. The third-order valence-corrected chi connectivity index (χ3v) is 5.15. The Hall–Kier alpha value is -3.48. The number of rotatable bonds is 8. The highest BCUT2D eigenvalue weighted by atomic mass is 16.5. The molecular weight excluding hydrogens is 398 g/mol. The quantitative estimate of drug-likeness (QED) is 0.392. The van der Waals surface area contributed by atoms with E-state index in [1.54, 1.807) is 30.3 Å². The summed E-state index contributed by atoms with van der Waals surface area (Å²) in [7, 11) is 2.97. The van der Waals surface area contributed by atoms with Crippen molar-refractivity contribution in [2.24, 2.45) is 0 Å². The fraction of sp³-hybridized carbons (Fsp3) is 0.333. The maximum Gasteiger partial charge on any atom is 0.295 e. The third-order valence-electron chi connectivity index (χ3n) is 5.15. The lowest BCUT2D eigenvalue weighted by Crippen LogP contribution is -2.30. The Morgan fingerprint density at radius 1 is 1.03 bits per heavy atom. The maximum atomic E-state index is 13.0. The number of benzene rings is 2. The molecule has 31 heavy (non-hydrogen) atoms. The molecule has 1 aliphatic rings. The summed E-state index contributed by atoms with van der Waals surface area (Å²) in [6.07, 6.45) is 0.664. The van der Waals surface area contributed by atoms with Crippen LogP contribution in [0.25, 0.3) is 5.76 Å². The van der Waals surface area contributed by atoms with Crippen LogP contribution < -0.4 is 14.2 Å². The van der Waals surface area contributed by atoms with Gasteiger partial charge in [0.15, 0.2) is 0 Å². The van der Waals surface area contributed by atoms with E-state index < -0.39 is 17.7 Å². The van der Waals surface area contributed by atoms with Gasteiger partial charge in [-0.15, -0.1) is 0 Å². The number of aliphatic hydroxyl groups is 1. The summed E-state index contributed by atoms with van der Waals surface area (Å²) in [5.74, 6) is -0.206. The van der Waals surface area contributed by atoms with Crippen LogP contribution in [0.15, 0.2) is 48.0 Å². The molecule has 0 spiro atoms. The van der Waals surface area contributed by atoms with Crippen molar-refractivity contribution < 1.29 is 28.9 Å². The minimum atomic E-state index is -0.740. The zero-order valence-electron chi connectivity index (χ0n) is 18.2. The second-order valence-corrected chi connectivity index (χ2v) is 7.06. The number of hydrogen-bond donors (Lipinski definition) is 1. The molecule has 7 nitrogen and oxygen atoms in total. The van der Waals surface area contributed by atoms with Crippen molar-refractivity contribution >= 4 is 17.4 Å². The first-order valence-electron chi connectivity index (χ1n) is 10.2. The van der Waals surface area contributed by atoms with E-state index in [9.17, 15) is 14.7 Å². The van der Waals surface area contributed by atoms with E-state index in [-0.39, 0.29) is 16.9 Å². The van der Waals surface area contributed by atoms with Gasteiger partial charge in [-0.05, 0) is 49.2 Å². The summed E-state index contributed by atoms with van der Waals surface area (Å²) >= 11 is 0.